The standard InChI is InChI=1S/C22H24N4O3/c1-25-14-17(20(27)23-13-12-15-8-4-2-5-9-15)18-19(25)21(28)26(22(29)24-18)16-10-6-3-7-11-16/h3,6-8,10-11,14H,2,4-5,9,12-13H2,1H3,(H,23,27)(H,24,29). The summed E-state index contributed by atoms with van der Waals surface area (Å²) in [4.78, 5) is 41.1. The molecule has 0 bridgehead atoms. The molecule has 0 spiro atoms. The minimum Gasteiger partial charge on any atom is -0.352 e. The number of benzene rings is 1. The molecule has 1 aromatic carbocycles. The van der Waals surface area contributed by atoms with E-state index in [9.17, 15) is 14.4 Å². The predicted octanol–water partition coefficient (Wildman–Crippen LogP) is 2.64. The molecule has 0 saturated heterocycles. The Morgan fingerprint density at radius 3 is 2.69 bits per heavy atom. The Hall–Kier alpha value is -3.35. The van der Waals surface area contributed by atoms with E-state index >= 15 is 0 Å². The lowest BCUT2D eigenvalue weighted by Crippen LogP contribution is -2.34. The molecule has 7 nitrogen and oxygen atoms in total. The summed E-state index contributed by atoms with van der Waals surface area (Å²) >= 11 is 0. The molecule has 3 aromatic rings. The highest BCUT2D eigenvalue weighted by molar-refractivity contribution is 6.05. The number of hydrogen-bond donors (Lipinski definition) is 2. The third-order valence-corrected chi connectivity index (χ3v) is 5.40. The summed E-state index contributed by atoms with van der Waals surface area (Å²) in [5.41, 5.74) is 1.69. The van der Waals surface area contributed by atoms with Gasteiger partial charge in [-0.05, 0) is 44.2 Å². The third kappa shape index (κ3) is 3.68. The fourth-order valence-electron chi connectivity index (χ4n) is 3.92. The van der Waals surface area contributed by atoms with Gasteiger partial charge in [0.15, 0.2) is 0 Å². The van der Waals surface area contributed by atoms with Crippen LogP contribution in [0.5, 0.6) is 0 Å². The normalized spacial score (nSPS) is 14.0. The lowest BCUT2D eigenvalue weighted by atomic mass is 9.97. The highest BCUT2D eigenvalue weighted by Gasteiger charge is 2.20. The van der Waals surface area contributed by atoms with Gasteiger partial charge in [-0.3, -0.25) is 9.59 Å². The van der Waals surface area contributed by atoms with Gasteiger partial charge in [0.1, 0.15) is 5.52 Å². The number of allylic oxidation sites excluding steroid dienone is 1. The quantitative estimate of drug-likeness (QED) is 0.654. The van der Waals surface area contributed by atoms with E-state index in [2.05, 4.69) is 16.4 Å². The third-order valence-electron chi connectivity index (χ3n) is 5.40. The zero-order valence-electron chi connectivity index (χ0n) is 16.4. The van der Waals surface area contributed by atoms with Gasteiger partial charge in [0.25, 0.3) is 11.5 Å². The van der Waals surface area contributed by atoms with E-state index in [4.69, 9.17) is 0 Å². The van der Waals surface area contributed by atoms with Crippen LogP contribution in [0.15, 0.2) is 57.8 Å². The van der Waals surface area contributed by atoms with E-state index in [-0.39, 0.29) is 16.9 Å². The molecular weight excluding hydrogens is 368 g/mol. The second kappa shape index (κ2) is 7.95. The molecule has 0 fully saturated rings. The van der Waals surface area contributed by atoms with Crippen molar-refractivity contribution in [1.82, 2.24) is 19.4 Å². The van der Waals surface area contributed by atoms with Crippen molar-refractivity contribution in [2.45, 2.75) is 32.1 Å². The second-order valence-electron chi connectivity index (χ2n) is 7.40. The molecule has 1 aliphatic rings. The van der Waals surface area contributed by atoms with E-state index < -0.39 is 11.2 Å². The molecule has 2 N–H and O–H groups in total. The molecule has 0 radical (unpaired) electrons. The summed E-state index contributed by atoms with van der Waals surface area (Å²) in [6.45, 7) is 0.534. The topological polar surface area (TPSA) is 88.9 Å². The number of H-pyrrole nitrogens is 1. The van der Waals surface area contributed by atoms with Crippen LogP contribution in [-0.2, 0) is 7.05 Å². The first-order chi connectivity index (χ1) is 14.1. The molecule has 0 aliphatic heterocycles. The summed E-state index contributed by atoms with van der Waals surface area (Å²) in [6, 6.07) is 8.72. The van der Waals surface area contributed by atoms with Gasteiger partial charge in [0.2, 0.25) is 0 Å². The molecule has 0 atom stereocenters. The van der Waals surface area contributed by atoms with Gasteiger partial charge in [-0.2, -0.15) is 0 Å². The number of para-hydroxylation sites is 1. The highest BCUT2D eigenvalue weighted by Crippen LogP contribution is 2.20. The lowest BCUT2D eigenvalue weighted by molar-refractivity contribution is 0.0955. The van der Waals surface area contributed by atoms with Gasteiger partial charge in [-0.1, -0.05) is 29.8 Å². The van der Waals surface area contributed by atoms with Crippen molar-refractivity contribution in [2.24, 2.45) is 7.05 Å². The molecule has 2 aromatic heterocycles. The Morgan fingerprint density at radius 2 is 1.97 bits per heavy atom. The van der Waals surface area contributed by atoms with Crippen LogP contribution in [0.4, 0.5) is 0 Å². The van der Waals surface area contributed by atoms with E-state index in [1.165, 1.54) is 18.4 Å². The summed E-state index contributed by atoms with van der Waals surface area (Å²) in [5, 5.41) is 2.91. The molecule has 1 amide bonds. The van der Waals surface area contributed by atoms with E-state index in [1.807, 2.05) is 6.07 Å². The zero-order chi connectivity index (χ0) is 20.4. The molecule has 150 valence electrons. The summed E-state index contributed by atoms with van der Waals surface area (Å²) < 4.78 is 2.67. The van der Waals surface area contributed by atoms with Crippen LogP contribution < -0.4 is 16.6 Å². The largest absolute Gasteiger partial charge is 0.352 e. The fraction of sp³-hybridized carbons (Fsp3) is 0.318. The molecule has 1 aliphatic carbocycles. The first-order valence-electron chi connectivity index (χ1n) is 9.92. The predicted molar refractivity (Wildman–Crippen MR) is 113 cm³/mol. The van der Waals surface area contributed by atoms with Crippen LogP contribution in [0.2, 0.25) is 0 Å². The summed E-state index contributed by atoms with van der Waals surface area (Å²) in [7, 11) is 1.70. The molecule has 7 heteroatoms. The maximum Gasteiger partial charge on any atom is 0.333 e. The molecule has 2 heterocycles. The second-order valence-corrected chi connectivity index (χ2v) is 7.40. The van der Waals surface area contributed by atoms with Crippen LogP contribution in [-0.4, -0.2) is 26.6 Å². The van der Waals surface area contributed by atoms with Gasteiger partial charge >= 0.3 is 5.69 Å². The average Bonchev–Trinajstić information content (AvgIpc) is 3.06. The van der Waals surface area contributed by atoms with Crippen molar-refractivity contribution in [3.63, 3.8) is 0 Å². The van der Waals surface area contributed by atoms with E-state index in [1.54, 1.807) is 42.1 Å². The van der Waals surface area contributed by atoms with Gasteiger partial charge in [0.05, 0.1) is 16.8 Å². The van der Waals surface area contributed by atoms with Crippen molar-refractivity contribution in [3.05, 3.63) is 74.6 Å². The molecule has 0 saturated carbocycles. The number of fused-ring (bicyclic) bond motifs is 1. The van der Waals surface area contributed by atoms with Crippen LogP contribution in [0.25, 0.3) is 16.7 Å². The number of aryl methyl sites for hydroxylation is 1. The highest BCUT2D eigenvalue weighted by atomic mass is 16.2. The number of rotatable bonds is 5. The van der Waals surface area contributed by atoms with Crippen LogP contribution in [0.1, 0.15) is 42.5 Å². The van der Waals surface area contributed by atoms with Crippen molar-refractivity contribution >= 4 is 16.9 Å². The Balaban J connectivity index is 1.64. The van der Waals surface area contributed by atoms with Gasteiger partial charge in [0, 0.05) is 19.8 Å². The molecular formula is C22H24N4O3. The van der Waals surface area contributed by atoms with E-state index in [0.717, 1.165) is 23.8 Å². The molecule has 29 heavy (non-hydrogen) atoms. The van der Waals surface area contributed by atoms with Crippen LogP contribution in [0.3, 0.4) is 0 Å². The number of amides is 1. The van der Waals surface area contributed by atoms with Gasteiger partial charge in [-0.15, -0.1) is 0 Å². The number of hydrogen-bond acceptors (Lipinski definition) is 3. The monoisotopic (exact) mass is 392 g/mol. The van der Waals surface area contributed by atoms with Gasteiger partial charge < -0.3 is 14.9 Å². The number of aromatic nitrogens is 3. The van der Waals surface area contributed by atoms with Gasteiger partial charge in [-0.25, -0.2) is 9.36 Å². The number of carbonyl (C=O) groups is 1. The summed E-state index contributed by atoms with van der Waals surface area (Å²) in [5.74, 6) is -0.292. The maximum absolute atomic E-state index is 13.0. The van der Waals surface area contributed by atoms with Crippen LogP contribution >= 0.6 is 0 Å². The van der Waals surface area contributed by atoms with Crippen molar-refractivity contribution in [1.29, 1.82) is 0 Å². The fourth-order valence-corrected chi connectivity index (χ4v) is 3.92. The average molecular weight is 392 g/mol. The lowest BCUT2D eigenvalue weighted by Gasteiger charge is -2.12. The minimum absolute atomic E-state index is 0.268. The Bertz CT molecular complexity index is 1200. The number of nitrogens with zero attached hydrogens (tertiary/aromatic N) is 2. The first-order valence-corrected chi connectivity index (χ1v) is 9.92. The van der Waals surface area contributed by atoms with Crippen molar-refractivity contribution < 1.29 is 4.79 Å². The van der Waals surface area contributed by atoms with Crippen molar-refractivity contribution in [3.8, 4) is 5.69 Å². The zero-order valence-corrected chi connectivity index (χ0v) is 16.4. The molecule has 0 unspecified atom stereocenters. The Morgan fingerprint density at radius 1 is 1.17 bits per heavy atom. The number of aromatic amines is 1. The number of carbonyl (C=O) groups excluding carboxylic acids is 1. The van der Waals surface area contributed by atoms with Crippen LogP contribution in [0, 0.1) is 0 Å². The SMILES string of the molecule is Cn1cc(C(=O)NCCC2=CCCCC2)c2[nH]c(=O)n(-c3ccccc3)c(=O)c21. The number of nitrogens with one attached hydrogen (secondary N) is 2. The first kappa shape index (κ1) is 19.0. The van der Waals surface area contributed by atoms with Crippen molar-refractivity contribution in [2.75, 3.05) is 6.54 Å². The van der Waals surface area contributed by atoms with E-state index in [0.29, 0.717) is 17.8 Å². The summed E-state index contributed by atoms with van der Waals surface area (Å²) in [6.07, 6.45) is 9.33. The minimum atomic E-state index is -0.568. The smallest absolute Gasteiger partial charge is 0.333 e. The molecule has 4 rings (SSSR count). The Kier molecular flexibility index (Phi) is 5.20. The maximum atomic E-state index is 13.0. The Labute approximate surface area is 167 Å².